The van der Waals surface area contributed by atoms with Crippen molar-refractivity contribution in [3.05, 3.63) is 68.1 Å². The number of benzene rings is 2. The Morgan fingerprint density at radius 3 is 2.48 bits per heavy atom. The quantitative estimate of drug-likeness (QED) is 0.677. The van der Waals surface area contributed by atoms with Gasteiger partial charge in [0, 0.05) is 33.2 Å². The molecule has 2 heterocycles. The molecular weight excluding hydrogens is 409 g/mol. The molecule has 0 bridgehead atoms. The number of likely N-dealkylation sites (tertiary alicyclic amines) is 1. The van der Waals surface area contributed by atoms with Gasteiger partial charge in [0.2, 0.25) is 0 Å². The van der Waals surface area contributed by atoms with E-state index in [0.717, 1.165) is 35.2 Å². The number of rotatable bonds is 3. The first kappa shape index (κ1) is 20.5. The minimum absolute atomic E-state index is 0.0184. The molecule has 2 atom stereocenters. The number of piperidine rings is 1. The summed E-state index contributed by atoms with van der Waals surface area (Å²) in [5, 5.41) is 12.2. The lowest BCUT2D eigenvalue weighted by Gasteiger charge is -2.43. The number of aromatic nitrogens is 2. The summed E-state index contributed by atoms with van der Waals surface area (Å²) in [5.74, 6) is 0. The lowest BCUT2D eigenvalue weighted by atomic mass is 9.81. The molecule has 0 radical (unpaired) electrons. The van der Waals surface area contributed by atoms with Crippen molar-refractivity contribution < 1.29 is 5.11 Å². The van der Waals surface area contributed by atoms with Gasteiger partial charge >= 0.3 is 5.69 Å². The van der Waals surface area contributed by atoms with Crippen LogP contribution in [0, 0.1) is 0 Å². The Morgan fingerprint density at radius 2 is 1.79 bits per heavy atom. The second kappa shape index (κ2) is 7.47. The molecule has 1 fully saturated rings. The molecule has 3 aromatic rings. The summed E-state index contributed by atoms with van der Waals surface area (Å²) in [6.45, 7) is 3.68. The fourth-order valence-electron chi connectivity index (χ4n) is 4.44. The Balaban J connectivity index is 1.53. The maximum Gasteiger partial charge on any atom is 0.328 e. The van der Waals surface area contributed by atoms with Gasteiger partial charge in [-0.2, -0.15) is 0 Å². The van der Waals surface area contributed by atoms with Gasteiger partial charge in [-0.15, -0.1) is 0 Å². The zero-order chi connectivity index (χ0) is 20.9. The number of aliphatic hydroxyl groups is 1. The number of halogens is 2. The molecule has 5 nitrogen and oxygen atoms in total. The van der Waals surface area contributed by atoms with E-state index in [4.69, 9.17) is 23.2 Å². The van der Waals surface area contributed by atoms with Crippen LogP contribution >= 0.6 is 23.2 Å². The minimum atomic E-state index is -0.905. The number of hydrogen-bond donors (Lipinski definition) is 1. The first-order valence-electron chi connectivity index (χ1n) is 9.76. The molecule has 1 aliphatic rings. The lowest BCUT2D eigenvalue weighted by Crippen LogP contribution is -2.47. The summed E-state index contributed by atoms with van der Waals surface area (Å²) in [6.07, 6.45) is 1.25. The highest BCUT2D eigenvalue weighted by atomic mass is 35.5. The van der Waals surface area contributed by atoms with Crippen LogP contribution in [0.5, 0.6) is 0 Å². The second-order valence-electron chi connectivity index (χ2n) is 8.16. The third-order valence-corrected chi connectivity index (χ3v) is 6.99. The van der Waals surface area contributed by atoms with Gasteiger partial charge in [-0.3, -0.25) is 14.0 Å². The van der Waals surface area contributed by atoms with Crippen LogP contribution in [-0.2, 0) is 26.2 Å². The first-order valence-corrected chi connectivity index (χ1v) is 10.5. The number of fused-ring (bicyclic) bond motifs is 1. The van der Waals surface area contributed by atoms with E-state index in [9.17, 15) is 9.90 Å². The van der Waals surface area contributed by atoms with Crippen LogP contribution in [0.1, 0.15) is 30.9 Å². The van der Waals surface area contributed by atoms with Crippen molar-refractivity contribution in [3.8, 4) is 0 Å². The second-order valence-corrected chi connectivity index (χ2v) is 8.97. The number of aryl methyl sites for hydroxylation is 2. The van der Waals surface area contributed by atoms with Gasteiger partial charge in [0.05, 0.1) is 26.7 Å². The molecule has 0 unspecified atom stereocenters. The van der Waals surface area contributed by atoms with Crippen LogP contribution in [0.4, 0.5) is 0 Å². The summed E-state index contributed by atoms with van der Waals surface area (Å²) in [5.41, 5.74) is 2.92. The van der Waals surface area contributed by atoms with Gasteiger partial charge in [0.25, 0.3) is 0 Å². The van der Waals surface area contributed by atoms with Crippen LogP contribution in [0.25, 0.3) is 11.0 Å². The van der Waals surface area contributed by atoms with Crippen LogP contribution in [0.15, 0.2) is 41.2 Å². The Labute approximate surface area is 180 Å². The van der Waals surface area contributed by atoms with Gasteiger partial charge in [-0.1, -0.05) is 35.3 Å². The molecule has 2 aromatic carbocycles. The monoisotopic (exact) mass is 433 g/mol. The van der Waals surface area contributed by atoms with Crippen molar-refractivity contribution in [2.24, 2.45) is 14.1 Å². The fourth-order valence-corrected chi connectivity index (χ4v) is 4.73. The molecule has 1 aliphatic heterocycles. The molecule has 29 heavy (non-hydrogen) atoms. The molecular formula is C22H25Cl2N3O2. The topological polar surface area (TPSA) is 50.4 Å². The Kier molecular flexibility index (Phi) is 5.28. The largest absolute Gasteiger partial charge is 0.385 e. The third-order valence-electron chi connectivity index (χ3n) is 6.25. The van der Waals surface area contributed by atoms with Gasteiger partial charge < -0.3 is 5.11 Å². The molecule has 1 N–H and O–H groups in total. The van der Waals surface area contributed by atoms with E-state index < -0.39 is 5.60 Å². The summed E-state index contributed by atoms with van der Waals surface area (Å²) in [7, 11) is 3.59. The number of imidazole rings is 1. The molecule has 0 saturated carbocycles. The molecule has 1 saturated heterocycles. The van der Waals surface area contributed by atoms with Crippen molar-refractivity contribution in [1.29, 1.82) is 0 Å². The minimum Gasteiger partial charge on any atom is -0.385 e. The van der Waals surface area contributed by atoms with E-state index >= 15 is 0 Å². The summed E-state index contributed by atoms with van der Waals surface area (Å²) in [4.78, 5) is 14.5. The summed E-state index contributed by atoms with van der Waals surface area (Å²) in [6, 6.07) is 11.7. The van der Waals surface area contributed by atoms with E-state index in [2.05, 4.69) is 24.0 Å². The van der Waals surface area contributed by atoms with E-state index in [1.165, 1.54) is 0 Å². The SMILES string of the molecule is C[C@@H]1C[C@](O)(c2ccc(Cl)c(Cl)c2)CCN1Cc1ccc2c(c1)n(C)c(=O)n2C. The van der Waals surface area contributed by atoms with Crippen molar-refractivity contribution in [3.63, 3.8) is 0 Å². The Hall–Kier alpha value is -1.79. The van der Waals surface area contributed by atoms with E-state index in [1.807, 2.05) is 12.1 Å². The van der Waals surface area contributed by atoms with Crippen LogP contribution in [0.3, 0.4) is 0 Å². The van der Waals surface area contributed by atoms with Crippen LogP contribution in [-0.4, -0.2) is 31.7 Å². The van der Waals surface area contributed by atoms with Gasteiger partial charge in [0.1, 0.15) is 0 Å². The van der Waals surface area contributed by atoms with Crippen LogP contribution in [0.2, 0.25) is 10.0 Å². The molecule has 1 aromatic heterocycles. The van der Waals surface area contributed by atoms with E-state index in [1.54, 1.807) is 35.4 Å². The standard InChI is InChI=1S/C22H25Cl2N3O2/c1-14-12-22(29,16-5-6-17(23)18(24)11-16)8-9-27(14)13-15-4-7-19-20(10-15)26(3)21(28)25(19)2/h4-7,10-11,14,29H,8-9,12-13H2,1-3H3/t14-,22+/m1/s1. The van der Waals surface area contributed by atoms with Gasteiger partial charge in [-0.05, 0) is 55.2 Å². The normalized spacial score (nSPS) is 23.0. The smallest absolute Gasteiger partial charge is 0.328 e. The maximum atomic E-state index is 12.2. The predicted molar refractivity (Wildman–Crippen MR) is 118 cm³/mol. The predicted octanol–water partition coefficient (Wildman–Crippen LogP) is 4.06. The average molecular weight is 434 g/mol. The highest BCUT2D eigenvalue weighted by Gasteiger charge is 2.38. The summed E-state index contributed by atoms with van der Waals surface area (Å²) >= 11 is 12.2. The van der Waals surface area contributed by atoms with Crippen molar-refractivity contribution in [2.45, 2.75) is 38.0 Å². The van der Waals surface area contributed by atoms with Crippen LogP contribution < -0.4 is 5.69 Å². The number of hydrogen-bond acceptors (Lipinski definition) is 3. The highest BCUT2D eigenvalue weighted by Crippen LogP contribution is 2.38. The van der Waals surface area contributed by atoms with Gasteiger partial charge in [0.15, 0.2) is 0 Å². The Bertz CT molecular complexity index is 1140. The van der Waals surface area contributed by atoms with E-state index in [0.29, 0.717) is 22.9 Å². The first-order chi connectivity index (χ1) is 13.7. The molecule has 0 aliphatic carbocycles. The zero-order valence-electron chi connectivity index (χ0n) is 16.8. The molecule has 0 amide bonds. The zero-order valence-corrected chi connectivity index (χ0v) is 18.3. The third kappa shape index (κ3) is 3.61. The van der Waals surface area contributed by atoms with Crippen molar-refractivity contribution >= 4 is 34.2 Å². The van der Waals surface area contributed by atoms with Crippen molar-refractivity contribution in [2.75, 3.05) is 6.54 Å². The lowest BCUT2D eigenvalue weighted by molar-refractivity contribution is -0.0502. The highest BCUT2D eigenvalue weighted by molar-refractivity contribution is 6.42. The molecule has 4 rings (SSSR count). The Morgan fingerprint density at radius 1 is 1.07 bits per heavy atom. The summed E-state index contributed by atoms with van der Waals surface area (Å²) < 4.78 is 3.35. The van der Waals surface area contributed by atoms with Crippen molar-refractivity contribution in [1.82, 2.24) is 14.0 Å². The maximum absolute atomic E-state index is 12.2. The average Bonchev–Trinajstić information content (AvgIpc) is 2.90. The van der Waals surface area contributed by atoms with Gasteiger partial charge in [-0.25, -0.2) is 4.79 Å². The number of nitrogens with zero attached hydrogens (tertiary/aromatic N) is 3. The molecule has 0 spiro atoms. The molecule has 154 valence electrons. The molecule has 7 heteroatoms. The van der Waals surface area contributed by atoms with E-state index in [-0.39, 0.29) is 11.7 Å². The fraction of sp³-hybridized carbons (Fsp3) is 0.409.